The molecule has 1 aromatic heterocycles. The molecule has 2 atom stereocenters. The molecule has 0 aliphatic rings. The first kappa shape index (κ1) is 35.7. The van der Waals surface area contributed by atoms with Crippen molar-refractivity contribution in [1.82, 2.24) is 10.3 Å². The Labute approximate surface area is 254 Å². The summed E-state index contributed by atoms with van der Waals surface area (Å²) in [5, 5.41) is 13.3. The summed E-state index contributed by atoms with van der Waals surface area (Å²) in [5.41, 5.74) is 11.1. The summed E-state index contributed by atoms with van der Waals surface area (Å²) in [7, 11) is -8.04. The summed E-state index contributed by atoms with van der Waals surface area (Å²) in [6, 6.07) is 27.6. The van der Waals surface area contributed by atoms with Gasteiger partial charge in [-0.05, 0) is 69.2 Å². The van der Waals surface area contributed by atoms with Crippen LogP contribution in [-0.4, -0.2) is 54.7 Å². The van der Waals surface area contributed by atoms with Crippen molar-refractivity contribution >= 4 is 20.2 Å². The number of hydrogen-bond acceptors (Lipinski definition) is 8. The van der Waals surface area contributed by atoms with Gasteiger partial charge in [0.1, 0.15) is 0 Å². The lowest BCUT2D eigenvalue weighted by Gasteiger charge is -2.19. The fraction of sp³-hybridized carbons (Fsp3) is 0.258. The fourth-order valence-electron chi connectivity index (χ4n) is 3.64. The van der Waals surface area contributed by atoms with Crippen LogP contribution in [-0.2, 0) is 33.2 Å². The van der Waals surface area contributed by atoms with Gasteiger partial charge in [-0.3, -0.25) is 14.1 Å². The van der Waals surface area contributed by atoms with Crippen LogP contribution >= 0.6 is 0 Å². The van der Waals surface area contributed by atoms with Gasteiger partial charge in [0.2, 0.25) is 0 Å². The molecule has 0 bridgehead atoms. The minimum absolute atomic E-state index is 0.0666. The minimum atomic E-state index is -4.02. The number of aliphatic hydroxyl groups excluding tert-OH is 1. The van der Waals surface area contributed by atoms with Gasteiger partial charge in [-0.1, -0.05) is 71.8 Å². The van der Waals surface area contributed by atoms with Gasteiger partial charge in [0, 0.05) is 24.8 Å². The molecule has 0 fully saturated rings. The summed E-state index contributed by atoms with van der Waals surface area (Å²) in [6.45, 7) is 6.75. The third-order valence-corrected chi connectivity index (χ3v) is 7.79. The molecule has 4 rings (SSSR count). The van der Waals surface area contributed by atoms with Gasteiger partial charge in [-0.25, -0.2) is 0 Å². The molecule has 0 saturated heterocycles. The lowest BCUT2D eigenvalue weighted by atomic mass is 10.0. The number of benzene rings is 3. The molecule has 43 heavy (non-hydrogen) atoms. The molecular weight excluding hydrogens is 590 g/mol. The average Bonchev–Trinajstić information content (AvgIpc) is 2.94. The monoisotopic (exact) mass is 629 g/mol. The van der Waals surface area contributed by atoms with Crippen LogP contribution in [0.25, 0.3) is 0 Å². The van der Waals surface area contributed by atoms with Crippen LogP contribution in [0.4, 0.5) is 0 Å². The van der Waals surface area contributed by atoms with E-state index in [2.05, 4.69) is 10.3 Å². The first-order valence-corrected chi connectivity index (χ1v) is 16.2. The highest BCUT2D eigenvalue weighted by atomic mass is 32.2. The van der Waals surface area contributed by atoms with Crippen molar-refractivity contribution in [2.45, 2.75) is 55.7 Å². The molecule has 0 saturated carbocycles. The third kappa shape index (κ3) is 14.0. The first-order chi connectivity index (χ1) is 20.1. The standard InChI is InChI=1S/C17H23N3O.2C7H8O3S/c1-13-6-5-9-15(20-13)11-19-12-17(21)16(18)10-14-7-3-2-4-8-14;2*1-6-2-4-7(5-3-6)11(8,9)10/h2-9,16-17,19,21H,10-12,18H2,1H3;2*2-5H,1H3,(H,8,9,10)/t16-,17+;;/m0../s1. The van der Waals surface area contributed by atoms with Gasteiger partial charge < -0.3 is 16.2 Å². The summed E-state index contributed by atoms with van der Waals surface area (Å²) in [6.07, 6.45) is 0.0989. The molecule has 1 heterocycles. The lowest BCUT2D eigenvalue weighted by Crippen LogP contribution is -2.43. The fourth-order valence-corrected chi connectivity index (χ4v) is 4.60. The van der Waals surface area contributed by atoms with Crippen molar-refractivity contribution in [2.24, 2.45) is 5.73 Å². The van der Waals surface area contributed by atoms with E-state index in [4.69, 9.17) is 14.8 Å². The third-order valence-electron chi connectivity index (χ3n) is 6.05. The highest BCUT2D eigenvalue weighted by Gasteiger charge is 2.15. The highest BCUT2D eigenvalue weighted by Crippen LogP contribution is 2.10. The Morgan fingerprint density at radius 3 is 1.65 bits per heavy atom. The Morgan fingerprint density at radius 2 is 1.21 bits per heavy atom. The zero-order valence-electron chi connectivity index (χ0n) is 24.3. The van der Waals surface area contributed by atoms with Crippen LogP contribution in [0.1, 0.15) is 28.1 Å². The van der Waals surface area contributed by atoms with E-state index in [0.717, 1.165) is 28.1 Å². The number of aromatic nitrogens is 1. The minimum Gasteiger partial charge on any atom is -0.390 e. The molecule has 12 heteroatoms. The van der Waals surface area contributed by atoms with Crippen molar-refractivity contribution in [1.29, 1.82) is 0 Å². The van der Waals surface area contributed by atoms with E-state index in [9.17, 15) is 21.9 Å². The predicted octanol–water partition coefficient (Wildman–Crippen LogP) is 3.89. The Kier molecular flexibility index (Phi) is 14.1. The molecular formula is C31H39N3O7S2. The van der Waals surface area contributed by atoms with Gasteiger partial charge in [-0.15, -0.1) is 0 Å². The maximum absolute atomic E-state index is 10.5. The average molecular weight is 630 g/mol. The van der Waals surface area contributed by atoms with Gasteiger partial charge in [-0.2, -0.15) is 16.8 Å². The SMILES string of the molecule is Cc1ccc(S(=O)(=O)O)cc1.Cc1ccc(S(=O)(=O)O)cc1.Cc1cccc(CNC[C@@H](O)[C@@H](N)Cc2ccccc2)n1. The van der Waals surface area contributed by atoms with Gasteiger partial charge in [0.15, 0.2) is 0 Å². The number of nitrogens with zero attached hydrogens (tertiary/aromatic N) is 1. The number of pyridine rings is 1. The second kappa shape index (κ2) is 17.0. The number of rotatable bonds is 9. The predicted molar refractivity (Wildman–Crippen MR) is 167 cm³/mol. The van der Waals surface area contributed by atoms with E-state index in [1.807, 2.05) is 69.3 Å². The second-order valence-electron chi connectivity index (χ2n) is 9.90. The van der Waals surface area contributed by atoms with Gasteiger partial charge in [0.25, 0.3) is 20.2 Å². The number of hydrogen-bond donors (Lipinski definition) is 5. The van der Waals surface area contributed by atoms with Crippen LogP contribution in [0.15, 0.2) is 107 Å². The molecule has 232 valence electrons. The summed E-state index contributed by atoms with van der Waals surface area (Å²) >= 11 is 0. The Morgan fingerprint density at radius 1 is 0.721 bits per heavy atom. The van der Waals surface area contributed by atoms with Crippen LogP contribution < -0.4 is 11.1 Å². The van der Waals surface area contributed by atoms with E-state index in [-0.39, 0.29) is 15.8 Å². The van der Waals surface area contributed by atoms with Crippen molar-refractivity contribution in [2.75, 3.05) is 6.54 Å². The zero-order chi connectivity index (χ0) is 32.0. The summed E-state index contributed by atoms with van der Waals surface area (Å²) in [4.78, 5) is 4.27. The molecule has 0 spiro atoms. The molecule has 0 aliphatic heterocycles. The van der Waals surface area contributed by atoms with Crippen molar-refractivity contribution in [3.63, 3.8) is 0 Å². The Balaban J connectivity index is 0.000000247. The molecule has 0 aliphatic carbocycles. The molecule has 10 nitrogen and oxygen atoms in total. The van der Waals surface area contributed by atoms with E-state index >= 15 is 0 Å². The molecule has 4 aromatic rings. The zero-order valence-corrected chi connectivity index (χ0v) is 26.0. The maximum atomic E-state index is 10.5. The molecule has 3 aromatic carbocycles. The van der Waals surface area contributed by atoms with Crippen molar-refractivity contribution < 1.29 is 31.0 Å². The lowest BCUT2D eigenvalue weighted by molar-refractivity contribution is 0.141. The summed E-state index contributed by atoms with van der Waals surface area (Å²) in [5.74, 6) is 0. The molecule has 0 amide bonds. The van der Waals surface area contributed by atoms with Crippen LogP contribution in [0, 0.1) is 20.8 Å². The van der Waals surface area contributed by atoms with E-state index in [1.54, 1.807) is 24.3 Å². The van der Waals surface area contributed by atoms with Crippen molar-refractivity contribution in [3.05, 3.63) is 125 Å². The largest absolute Gasteiger partial charge is 0.390 e. The second-order valence-corrected chi connectivity index (χ2v) is 12.7. The summed E-state index contributed by atoms with van der Waals surface area (Å²) < 4.78 is 59.1. The smallest absolute Gasteiger partial charge is 0.294 e. The Hall–Kier alpha value is -3.49. The van der Waals surface area contributed by atoms with Crippen LogP contribution in [0.3, 0.4) is 0 Å². The van der Waals surface area contributed by atoms with Crippen LogP contribution in [0.5, 0.6) is 0 Å². The number of nitrogens with one attached hydrogen (secondary N) is 1. The van der Waals surface area contributed by atoms with Gasteiger partial charge >= 0.3 is 0 Å². The quantitative estimate of drug-likeness (QED) is 0.171. The van der Waals surface area contributed by atoms with E-state index < -0.39 is 26.3 Å². The van der Waals surface area contributed by atoms with Crippen LogP contribution in [0.2, 0.25) is 0 Å². The highest BCUT2D eigenvalue weighted by molar-refractivity contribution is 7.86. The number of nitrogens with two attached hydrogens (primary N) is 1. The first-order valence-electron chi connectivity index (χ1n) is 13.3. The molecule has 0 radical (unpaired) electrons. The van der Waals surface area contributed by atoms with Crippen molar-refractivity contribution in [3.8, 4) is 0 Å². The number of aliphatic hydroxyl groups is 1. The molecule has 0 unspecified atom stereocenters. The van der Waals surface area contributed by atoms with E-state index in [1.165, 1.54) is 24.3 Å². The molecule has 6 N–H and O–H groups in total. The number of aryl methyl sites for hydroxylation is 3. The van der Waals surface area contributed by atoms with E-state index in [0.29, 0.717) is 19.5 Å². The topological polar surface area (TPSA) is 180 Å². The van der Waals surface area contributed by atoms with Gasteiger partial charge in [0.05, 0.1) is 21.6 Å². The Bertz CT molecular complexity index is 1540. The maximum Gasteiger partial charge on any atom is 0.294 e. The normalized spacial score (nSPS) is 12.6.